The van der Waals surface area contributed by atoms with E-state index in [0.717, 1.165) is 35.4 Å². The SMILES string of the molecule is CCN(CCC(=O)c1cccc(Br)c1)Cc1ccco1. The molecule has 0 fully saturated rings. The summed E-state index contributed by atoms with van der Waals surface area (Å²) in [5.74, 6) is 1.10. The number of hydrogen-bond acceptors (Lipinski definition) is 3. The van der Waals surface area contributed by atoms with Crippen LogP contribution in [-0.4, -0.2) is 23.8 Å². The molecule has 0 saturated carbocycles. The summed E-state index contributed by atoms with van der Waals surface area (Å²) in [6.07, 6.45) is 2.20. The number of Topliss-reactive ketones (excluding diaryl/α,β-unsaturated/α-hetero) is 1. The maximum Gasteiger partial charge on any atom is 0.164 e. The molecule has 0 bridgehead atoms. The Balaban J connectivity index is 1.88. The largest absolute Gasteiger partial charge is 0.468 e. The van der Waals surface area contributed by atoms with Gasteiger partial charge in [0.05, 0.1) is 12.8 Å². The lowest BCUT2D eigenvalue weighted by Gasteiger charge is -2.18. The number of halogens is 1. The minimum atomic E-state index is 0.171. The van der Waals surface area contributed by atoms with Gasteiger partial charge in [0.2, 0.25) is 0 Å². The van der Waals surface area contributed by atoms with Crippen molar-refractivity contribution in [3.05, 3.63) is 58.5 Å². The third-order valence-electron chi connectivity index (χ3n) is 3.21. The van der Waals surface area contributed by atoms with E-state index in [4.69, 9.17) is 4.42 Å². The van der Waals surface area contributed by atoms with Crippen LogP contribution in [0.1, 0.15) is 29.5 Å². The summed E-state index contributed by atoms with van der Waals surface area (Å²) in [6.45, 7) is 4.47. The van der Waals surface area contributed by atoms with Crippen molar-refractivity contribution in [1.82, 2.24) is 4.90 Å². The first-order chi connectivity index (χ1) is 9.69. The standard InChI is InChI=1S/C16H18BrNO2/c1-2-18(12-15-7-4-10-20-15)9-8-16(19)13-5-3-6-14(17)11-13/h3-7,10-11H,2,8-9,12H2,1H3. The highest BCUT2D eigenvalue weighted by molar-refractivity contribution is 9.10. The lowest BCUT2D eigenvalue weighted by Crippen LogP contribution is -2.25. The van der Waals surface area contributed by atoms with Crippen molar-refractivity contribution in [2.45, 2.75) is 19.9 Å². The van der Waals surface area contributed by atoms with E-state index in [9.17, 15) is 4.79 Å². The number of carbonyl (C=O) groups excluding carboxylic acids is 1. The van der Waals surface area contributed by atoms with Gasteiger partial charge in [-0.15, -0.1) is 0 Å². The third-order valence-corrected chi connectivity index (χ3v) is 3.70. The Morgan fingerprint density at radius 3 is 2.80 bits per heavy atom. The van der Waals surface area contributed by atoms with Crippen molar-refractivity contribution < 1.29 is 9.21 Å². The Labute approximate surface area is 127 Å². The molecule has 0 aliphatic heterocycles. The molecule has 2 aromatic rings. The Bertz CT molecular complexity index is 551. The van der Waals surface area contributed by atoms with Gasteiger partial charge in [0.15, 0.2) is 5.78 Å². The Morgan fingerprint density at radius 1 is 1.30 bits per heavy atom. The molecule has 0 amide bonds. The predicted molar refractivity (Wildman–Crippen MR) is 82.7 cm³/mol. The van der Waals surface area contributed by atoms with E-state index < -0.39 is 0 Å². The van der Waals surface area contributed by atoms with Gasteiger partial charge in [-0.1, -0.05) is 35.0 Å². The van der Waals surface area contributed by atoms with Gasteiger partial charge in [-0.05, 0) is 30.8 Å². The lowest BCUT2D eigenvalue weighted by molar-refractivity contribution is 0.0961. The van der Waals surface area contributed by atoms with E-state index >= 15 is 0 Å². The summed E-state index contributed by atoms with van der Waals surface area (Å²) in [6, 6.07) is 11.4. The van der Waals surface area contributed by atoms with Crippen molar-refractivity contribution in [3.63, 3.8) is 0 Å². The molecule has 0 saturated heterocycles. The molecule has 0 unspecified atom stereocenters. The van der Waals surface area contributed by atoms with Gasteiger partial charge in [-0.25, -0.2) is 0 Å². The fraction of sp³-hybridized carbons (Fsp3) is 0.312. The molecular formula is C16H18BrNO2. The molecule has 0 atom stereocenters. The van der Waals surface area contributed by atoms with E-state index in [1.54, 1.807) is 6.26 Å². The molecule has 0 aliphatic carbocycles. The first kappa shape index (κ1) is 15.0. The molecule has 2 rings (SSSR count). The third kappa shape index (κ3) is 4.32. The smallest absolute Gasteiger partial charge is 0.164 e. The Morgan fingerprint density at radius 2 is 2.15 bits per heavy atom. The zero-order valence-corrected chi connectivity index (χ0v) is 13.1. The zero-order valence-electron chi connectivity index (χ0n) is 11.5. The molecule has 4 heteroatoms. The van der Waals surface area contributed by atoms with E-state index in [1.165, 1.54) is 0 Å². The molecule has 20 heavy (non-hydrogen) atoms. The molecule has 0 spiro atoms. The molecule has 1 aromatic carbocycles. The Hall–Kier alpha value is -1.39. The minimum absolute atomic E-state index is 0.171. The fourth-order valence-electron chi connectivity index (χ4n) is 2.04. The number of furan rings is 1. The summed E-state index contributed by atoms with van der Waals surface area (Å²) < 4.78 is 6.28. The maximum atomic E-state index is 12.1. The molecule has 106 valence electrons. The van der Waals surface area contributed by atoms with Gasteiger partial charge in [0, 0.05) is 23.0 Å². The number of nitrogens with zero attached hydrogens (tertiary/aromatic N) is 1. The molecule has 1 aromatic heterocycles. The van der Waals surface area contributed by atoms with Crippen LogP contribution in [0.25, 0.3) is 0 Å². The molecule has 0 aliphatic rings. The van der Waals surface area contributed by atoms with E-state index in [2.05, 4.69) is 27.8 Å². The van der Waals surface area contributed by atoms with E-state index in [0.29, 0.717) is 6.42 Å². The fourth-order valence-corrected chi connectivity index (χ4v) is 2.44. The van der Waals surface area contributed by atoms with Gasteiger partial charge in [-0.2, -0.15) is 0 Å². The van der Waals surface area contributed by atoms with Gasteiger partial charge >= 0.3 is 0 Å². The van der Waals surface area contributed by atoms with Crippen LogP contribution in [0.5, 0.6) is 0 Å². The van der Waals surface area contributed by atoms with Crippen molar-refractivity contribution in [3.8, 4) is 0 Å². The quantitative estimate of drug-likeness (QED) is 0.713. The normalized spacial score (nSPS) is 10.9. The van der Waals surface area contributed by atoms with Crippen LogP contribution in [-0.2, 0) is 6.54 Å². The second kappa shape index (κ2) is 7.41. The van der Waals surface area contributed by atoms with Crippen LogP contribution < -0.4 is 0 Å². The number of hydrogen-bond donors (Lipinski definition) is 0. The van der Waals surface area contributed by atoms with Crippen LogP contribution in [0.3, 0.4) is 0 Å². The van der Waals surface area contributed by atoms with Crippen molar-refractivity contribution >= 4 is 21.7 Å². The summed E-state index contributed by atoms with van der Waals surface area (Å²) in [5.41, 5.74) is 0.758. The van der Waals surface area contributed by atoms with Crippen molar-refractivity contribution in [2.24, 2.45) is 0 Å². The van der Waals surface area contributed by atoms with Gasteiger partial charge in [0.1, 0.15) is 5.76 Å². The number of ketones is 1. The minimum Gasteiger partial charge on any atom is -0.468 e. The highest BCUT2D eigenvalue weighted by Crippen LogP contribution is 2.14. The van der Waals surface area contributed by atoms with Crippen LogP contribution >= 0.6 is 15.9 Å². The van der Waals surface area contributed by atoms with E-state index in [1.807, 2.05) is 36.4 Å². The number of benzene rings is 1. The number of rotatable bonds is 7. The maximum absolute atomic E-state index is 12.1. The van der Waals surface area contributed by atoms with Crippen LogP contribution in [0, 0.1) is 0 Å². The number of carbonyl (C=O) groups is 1. The zero-order chi connectivity index (χ0) is 14.4. The summed E-state index contributed by atoms with van der Waals surface area (Å²) >= 11 is 3.39. The molecule has 3 nitrogen and oxygen atoms in total. The first-order valence-electron chi connectivity index (χ1n) is 6.72. The molecular weight excluding hydrogens is 318 g/mol. The molecule has 0 N–H and O–H groups in total. The van der Waals surface area contributed by atoms with E-state index in [-0.39, 0.29) is 5.78 Å². The van der Waals surface area contributed by atoms with Crippen LogP contribution in [0.15, 0.2) is 51.6 Å². The van der Waals surface area contributed by atoms with Gasteiger partial charge in [0.25, 0.3) is 0 Å². The van der Waals surface area contributed by atoms with Crippen molar-refractivity contribution in [1.29, 1.82) is 0 Å². The highest BCUT2D eigenvalue weighted by atomic mass is 79.9. The average Bonchev–Trinajstić information content (AvgIpc) is 2.96. The second-order valence-corrected chi connectivity index (χ2v) is 5.55. The topological polar surface area (TPSA) is 33.5 Å². The van der Waals surface area contributed by atoms with Gasteiger partial charge in [-0.3, -0.25) is 9.69 Å². The molecule has 0 radical (unpaired) electrons. The summed E-state index contributed by atoms with van der Waals surface area (Å²) in [7, 11) is 0. The van der Waals surface area contributed by atoms with Gasteiger partial charge < -0.3 is 4.42 Å². The summed E-state index contributed by atoms with van der Waals surface area (Å²) in [4.78, 5) is 14.4. The van der Waals surface area contributed by atoms with Crippen LogP contribution in [0.4, 0.5) is 0 Å². The average molecular weight is 336 g/mol. The monoisotopic (exact) mass is 335 g/mol. The molecule has 1 heterocycles. The van der Waals surface area contributed by atoms with Crippen LogP contribution in [0.2, 0.25) is 0 Å². The highest BCUT2D eigenvalue weighted by Gasteiger charge is 2.10. The second-order valence-electron chi connectivity index (χ2n) is 4.63. The lowest BCUT2D eigenvalue weighted by atomic mass is 10.1. The Kier molecular flexibility index (Phi) is 5.56. The first-order valence-corrected chi connectivity index (χ1v) is 7.52. The summed E-state index contributed by atoms with van der Waals surface area (Å²) in [5, 5.41) is 0. The van der Waals surface area contributed by atoms with Crippen molar-refractivity contribution in [2.75, 3.05) is 13.1 Å². The predicted octanol–water partition coefficient (Wildman–Crippen LogP) is 4.14.